The third-order valence-corrected chi connectivity index (χ3v) is 3.31. The fraction of sp³-hybridized carbons (Fsp3) is 0.467. The first kappa shape index (κ1) is 15.3. The van der Waals surface area contributed by atoms with Crippen LogP contribution in [-0.2, 0) is 9.53 Å². The topological polar surface area (TPSA) is 90.7 Å². The Balaban J connectivity index is 1.85. The maximum Gasteiger partial charge on any atom is 0.258 e. The number of hydrogen-bond donors (Lipinski definition) is 2. The monoisotopic (exact) mass is 292 g/mol. The van der Waals surface area contributed by atoms with Gasteiger partial charge in [0.2, 0.25) is 0 Å². The van der Waals surface area contributed by atoms with Gasteiger partial charge in [-0.25, -0.2) is 0 Å². The molecule has 6 nitrogen and oxygen atoms in total. The van der Waals surface area contributed by atoms with E-state index in [0.29, 0.717) is 12.3 Å². The molecule has 0 unspecified atom stereocenters. The number of nitrogens with two attached hydrogens (primary N) is 1. The van der Waals surface area contributed by atoms with E-state index in [1.807, 2.05) is 6.92 Å². The Bertz CT molecular complexity index is 524. The van der Waals surface area contributed by atoms with Gasteiger partial charge in [-0.2, -0.15) is 0 Å². The molecule has 6 heteroatoms. The van der Waals surface area contributed by atoms with Crippen molar-refractivity contribution in [3.05, 3.63) is 29.3 Å². The van der Waals surface area contributed by atoms with Gasteiger partial charge in [-0.15, -0.1) is 0 Å². The summed E-state index contributed by atoms with van der Waals surface area (Å²) in [5.41, 5.74) is 6.47. The van der Waals surface area contributed by atoms with E-state index >= 15 is 0 Å². The average molecular weight is 292 g/mol. The minimum Gasteiger partial charge on any atom is -0.483 e. The smallest absolute Gasteiger partial charge is 0.258 e. The first-order chi connectivity index (χ1) is 10.1. The lowest BCUT2D eigenvalue weighted by Gasteiger charge is -2.13. The van der Waals surface area contributed by atoms with Gasteiger partial charge >= 0.3 is 0 Å². The highest BCUT2D eigenvalue weighted by molar-refractivity contribution is 5.95. The summed E-state index contributed by atoms with van der Waals surface area (Å²) in [6.07, 6.45) is 2.08. The van der Waals surface area contributed by atoms with Crippen molar-refractivity contribution >= 4 is 11.8 Å². The first-order valence-electron chi connectivity index (χ1n) is 6.98. The van der Waals surface area contributed by atoms with Crippen molar-refractivity contribution in [1.82, 2.24) is 5.32 Å². The zero-order valence-electron chi connectivity index (χ0n) is 12.1. The summed E-state index contributed by atoms with van der Waals surface area (Å²) >= 11 is 0. The number of rotatable bonds is 6. The van der Waals surface area contributed by atoms with E-state index in [1.165, 1.54) is 0 Å². The lowest BCUT2D eigenvalue weighted by atomic mass is 10.1. The van der Waals surface area contributed by atoms with E-state index < -0.39 is 5.91 Å². The first-order valence-corrected chi connectivity index (χ1v) is 6.98. The maximum absolute atomic E-state index is 11.7. The number of ether oxygens (including phenoxy) is 2. The number of carbonyl (C=O) groups is 2. The van der Waals surface area contributed by atoms with Crippen LogP contribution in [0.1, 0.15) is 28.8 Å². The molecule has 0 aliphatic carbocycles. The van der Waals surface area contributed by atoms with Crippen molar-refractivity contribution in [2.45, 2.75) is 25.9 Å². The standard InChI is InChI=1S/C15H20N2O4/c1-10-4-5-12(15(16)19)13(7-10)21-9-14(18)17-8-11-3-2-6-20-11/h4-5,7,11H,2-3,6,8-9H2,1H3,(H2,16,19)(H,17,18)/t11-/m0/s1. The fourth-order valence-corrected chi connectivity index (χ4v) is 2.18. The minimum absolute atomic E-state index is 0.0918. The van der Waals surface area contributed by atoms with E-state index in [2.05, 4.69) is 5.32 Å². The van der Waals surface area contributed by atoms with Gasteiger partial charge in [0.15, 0.2) is 6.61 Å². The summed E-state index contributed by atoms with van der Waals surface area (Å²) in [4.78, 5) is 23.0. The van der Waals surface area contributed by atoms with Gasteiger partial charge in [-0.1, -0.05) is 6.07 Å². The average Bonchev–Trinajstić information content (AvgIpc) is 2.96. The zero-order valence-corrected chi connectivity index (χ0v) is 12.1. The number of hydrogen-bond acceptors (Lipinski definition) is 4. The summed E-state index contributed by atoms with van der Waals surface area (Å²) in [5, 5.41) is 2.75. The van der Waals surface area contributed by atoms with Crippen LogP contribution in [0.25, 0.3) is 0 Å². The molecule has 114 valence electrons. The van der Waals surface area contributed by atoms with Gasteiger partial charge in [0.1, 0.15) is 5.75 Å². The van der Waals surface area contributed by atoms with E-state index in [9.17, 15) is 9.59 Å². The van der Waals surface area contributed by atoms with Crippen molar-refractivity contribution in [3.8, 4) is 5.75 Å². The molecule has 0 bridgehead atoms. The van der Waals surface area contributed by atoms with Crippen LogP contribution in [0.3, 0.4) is 0 Å². The van der Waals surface area contributed by atoms with Crippen LogP contribution in [0, 0.1) is 6.92 Å². The molecule has 0 radical (unpaired) electrons. The molecule has 1 aliphatic heterocycles. The largest absolute Gasteiger partial charge is 0.483 e. The van der Waals surface area contributed by atoms with Gasteiger partial charge in [-0.05, 0) is 37.5 Å². The van der Waals surface area contributed by atoms with E-state index in [1.54, 1.807) is 18.2 Å². The second-order valence-electron chi connectivity index (χ2n) is 5.09. The summed E-state index contributed by atoms with van der Waals surface area (Å²) in [7, 11) is 0. The number of amides is 2. The third-order valence-electron chi connectivity index (χ3n) is 3.31. The second kappa shape index (κ2) is 7.08. The summed E-state index contributed by atoms with van der Waals surface area (Å²) < 4.78 is 10.8. The van der Waals surface area contributed by atoms with Crippen molar-refractivity contribution in [3.63, 3.8) is 0 Å². The number of nitrogens with one attached hydrogen (secondary N) is 1. The Hall–Kier alpha value is -2.08. The van der Waals surface area contributed by atoms with Crippen molar-refractivity contribution in [1.29, 1.82) is 0 Å². The molecule has 1 saturated heterocycles. The molecule has 1 aliphatic rings. The highest BCUT2D eigenvalue weighted by Crippen LogP contribution is 2.19. The molecule has 2 rings (SSSR count). The predicted molar refractivity (Wildman–Crippen MR) is 77.2 cm³/mol. The van der Waals surface area contributed by atoms with E-state index in [0.717, 1.165) is 25.0 Å². The number of carbonyl (C=O) groups excluding carboxylic acids is 2. The number of benzene rings is 1. The summed E-state index contributed by atoms with van der Waals surface area (Å²) in [6.45, 7) is 2.95. The van der Waals surface area contributed by atoms with Crippen LogP contribution < -0.4 is 15.8 Å². The Morgan fingerprint density at radius 2 is 2.29 bits per heavy atom. The van der Waals surface area contributed by atoms with Crippen molar-refractivity contribution in [2.75, 3.05) is 19.8 Å². The second-order valence-corrected chi connectivity index (χ2v) is 5.09. The molecule has 0 spiro atoms. The van der Waals surface area contributed by atoms with Gasteiger partial charge in [0, 0.05) is 13.2 Å². The summed E-state index contributed by atoms with van der Waals surface area (Å²) in [6, 6.07) is 5.05. The third kappa shape index (κ3) is 4.46. The van der Waals surface area contributed by atoms with Crippen LogP contribution in [0.2, 0.25) is 0 Å². The molecule has 2 amide bonds. The molecular weight excluding hydrogens is 272 g/mol. The van der Waals surface area contributed by atoms with Crippen LogP contribution in [-0.4, -0.2) is 37.7 Å². The molecule has 1 atom stereocenters. The SMILES string of the molecule is Cc1ccc(C(N)=O)c(OCC(=O)NC[C@@H]2CCCO2)c1. The van der Waals surface area contributed by atoms with Crippen LogP contribution >= 0.6 is 0 Å². The predicted octanol–water partition coefficient (Wildman–Crippen LogP) is 0.768. The van der Waals surface area contributed by atoms with Crippen LogP contribution in [0.15, 0.2) is 18.2 Å². The van der Waals surface area contributed by atoms with Gasteiger partial charge in [0.05, 0.1) is 11.7 Å². The molecule has 0 aromatic heterocycles. The molecule has 1 fully saturated rings. The molecule has 1 heterocycles. The number of primary amides is 1. The lowest BCUT2D eigenvalue weighted by Crippen LogP contribution is -2.35. The Morgan fingerprint density at radius 1 is 1.48 bits per heavy atom. The zero-order chi connectivity index (χ0) is 15.2. The van der Waals surface area contributed by atoms with Gasteiger partial charge < -0.3 is 20.5 Å². The van der Waals surface area contributed by atoms with Crippen LogP contribution in [0.5, 0.6) is 5.75 Å². The lowest BCUT2D eigenvalue weighted by molar-refractivity contribution is -0.123. The Kier molecular flexibility index (Phi) is 5.16. The maximum atomic E-state index is 11.7. The molecule has 3 N–H and O–H groups in total. The van der Waals surface area contributed by atoms with E-state index in [-0.39, 0.29) is 24.2 Å². The number of aryl methyl sites for hydroxylation is 1. The molecule has 1 aromatic rings. The highest BCUT2D eigenvalue weighted by atomic mass is 16.5. The van der Waals surface area contributed by atoms with Crippen molar-refractivity contribution in [2.24, 2.45) is 5.73 Å². The summed E-state index contributed by atoms with van der Waals surface area (Å²) in [5.74, 6) is -0.498. The fourth-order valence-electron chi connectivity index (χ4n) is 2.18. The Morgan fingerprint density at radius 3 is 2.95 bits per heavy atom. The molecule has 0 saturated carbocycles. The van der Waals surface area contributed by atoms with Crippen molar-refractivity contribution < 1.29 is 19.1 Å². The van der Waals surface area contributed by atoms with Gasteiger partial charge in [0.25, 0.3) is 11.8 Å². The van der Waals surface area contributed by atoms with Crippen LogP contribution in [0.4, 0.5) is 0 Å². The molecule has 21 heavy (non-hydrogen) atoms. The van der Waals surface area contributed by atoms with Gasteiger partial charge in [-0.3, -0.25) is 9.59 Å². The highest BCUT2D eigenvalue weighted by Gasteiger charge is 2.16. The molecular formula is C15H20N2O4. The minimum atomic E-state index is -0.579. The Labute approximate surface area is 123 Å². The quantitative estimate of drug-likeness (QED) is 0.810. The normalized spacial score (nSPS) is 17.5. The molecule has 1 aromatic carbocycles. The van der Waals surface area contributed by atoms with E-state index in [4.69, 9.17) is 15.2 Å².